The molecule has 0 aliphatic rings. The van der Waals surface area contributed by atoms with Gasteiger partial charge in [-0.15, -0.1) is 0 Å². The minimum atomic E-state index is -3.32. The predicted octanol–water partition coefficient (Wildman–Crippen LogP) is 4.47. The highest BCUT2D eigenvalue weighted by atomic mass is 35.5. The molecule has 0 radical (unpaired) electrons. The van der Waals surface area contributed by atoms with Crippen LogP contribution in [0.3, 0.4) is 0 Å². The minimum Gasteiger partial charge on any atom is -0.378 e. The van der Waals surface area contributed by atoms with Gasteiger partial charge < -0.3 is 10.6 Å². The standard InChI is InChI=1S/C20H21ClF2N2O3S/c1-12(9-10-29(3,27)28)24-20(26)15-8-7-14(11-18(15)23)25-13(2)19-16(21)5-4-6-17(19)22/h4-13,25H,1-3H3,(H,24,26)/b10-9+/t12-,13+/m1/s1. The minimum absolute atomic E-state index is 0.202. The fourth-order valence-corrected chi connectivity index (χ4v) is 3.48. The molecule has 29 heavy (non-hydrogen) atoms. The van der Waals surface area contributed by atoms with Gasteiger partial charge in [0.2, 0.25) is 0 Å². The first-order chi connectivity index (χ1) is 13.5. The van der Waals surface area contributed by atoms with Gasteiger partial charge in [0.05, 0.1) is 11.6 Å². The average molecular weight is 443 g/mol. The van der Waals surface area contributed by atoms with Crippen molar-refractivity contribution in [1.29, 1.82) is 0 Å². The number of hydrogen-bond acceptors (Lipinski definition) is 4. The Morgan fingerprint density at radius 3 is 2.41 bits per heavy atom. The third-order valence-electron chi connectivity index (χ3n) is 4.00. The Balaban J connectivity index is 2.12. The summed E-state index contributed by atoms with van der Waals surface area (Å²) >= 11 is 6.04. The molecule has 2 atom stereocenters. The molecule has 0 aliphatic carbocycles. The zero-order valence-electron chi connectivity index (χ0n) is 16.0. The second kappa shape index (κ2) is 9.37. The number of benzene rings is 2. The highest BCUT2D eigenvalue weighted by Gasteiger charge is 2.17. The number of nitrogens with one attached hydrogen (secondary N) is 2. The third-order valence-corrected chi connectivity index (χ3v) is 4.98. The molecule has 0 unspecified atom stereocenters. The monoisotopic (exact) mass is 442 g/mol. The van der Waals surface area contributed by atoms with Crippen molar-refractivity contribution >= 4 is 33.0 Å². The lowest BCUT2D eigenvalue weighted by molar-refractivity contribution is 0.0943. The van der Waals surface area contributed by atoms with Crippen LogP contribution in [0.25, 0.3) is 0 Å². The Labute approximate surface area is 173 Å². The van der Waals surface area contributed by atoms with Crippen LogP contribution in [0.15, 0.2) is 47.9 Å². The summed E-state index contributed by atoms with van der Waals surface area (Å²) in [7, 11) is -3.32. The number of carbonyl (C=O) groups is 1. The maximum Gasteiger partial charge on any atom is 0.254 e. The molecule has 1 amide bonds. The lowest BCUT2D eigenvalue weighted by atomic mass is 10.1. The summed E-state index contributed by atoms with van der Waals surface area (Å²) in [5.41, 5.74) is 0.394. The first kappa shape index (κ1) is 22.8. The summed E-state index contributed by atoms with van der Waals surface area (Å²) in [6.45, 7) is 3.24. The molecule has 2 N–H and O–H groups in total. The van der Waals surface area contributed by atoms with Gasteiger partial charge >= 0.3 is 0 Å². The molecule has 2 aromatic rings. The number of hydrogen-bond donors (Lipinski definition) is 2. The molecule has 2 aromatic carbocycles. The Morgan fingerprint density at radius 2 is 1.83 bits per heavy atom. The molecular formula is C20H21ClF2N2O3S. The quantitative estimate of drug-likeness (QED) is 0.663. The average Bonchev–Trinajstić information content (AvgIpc) is 2.59. The fourth-order valence-electron chi connectivity index (χ4n) is 2.63. The van der Waals surface area contributed by atoms with Crippen molar-refractivity contribution in [2.24, 2.45) is 0 Å². The van der Waals surface area contributed by atoms with Gasteiger partial charge in [-0.25, -0.2) is 17.2 Å². The van der Waals surface area contributed by atoms with Crippen molar-refractivity contribution in [3.63, 3.8) is 0 Å². The third kappa shape index (κ3) is 6.54. The van der Waals surface area contributed by atoms with Crippen LogP contribution in [0.1, 0.15) is 35.8 Å². The van der Waals surface area contributed by atoms with E-state index >= 15 is 0 Å². The Hall–Kier alpha value is -2.45. The van der Waals surface area contributed by atoms with E-state index in [0.29, 0.717) is 5.69 Å². The van der Waals surface area contributed by atoms with Crippen molar-refractivity contribution in [3.05, 3.63) is 75.7 Å². The normalized spacial score (nSPS) is 13.9. The number of carbonyl (C=O) groups excluding carboxylic acids is 1. The fraction of sp³-hybridized carbons (Fsp3) is 0.250. The van der Waals surface area contributed by atoms with E-state index in [2.05, 4.69) is 10.6 Å². The van der Waals surface area contributed by atoms with E-state index in [-0.39, 0.29) is 16.1 Å². The first-order valence-corrected chi connectivity index (χ1v) is 11.0. The van der Waals surface area contributed by atoms with Crippen LogP contribution in [0, 0.1) is 11.6 Å². The number of sulfone groups is 1. The maximum atomic E-state index is 14.4. The van der Waals surface area contributed by atoms with Crippen LogP contribution in [0.5, 0.6) is 0 Å². The topological polar surface area (TPSA) is 75.3 Å². The molecule has 2 rings (SSSR count). The lowest BCUT2D eigenvalue weighted by Crippen LogP contribution is -2.31. The highest BCUT2D eigenvalue weighted by Crippen LogP contribution is 2.28. The number of halogens is 3. The SMILES string of the molecule is C[C@H](/C=C/S(C)(=O)=O)NC(=O)c1ccc(N[C@@H](C)c2c(F)cccc2Cl)cc1F. The number of amides is 1. The van der Waals surface area contributed by atoms with Crippen LogP contribution in [0.2, 0.25) is 5.02 Å². The van der Waals surface area contributed by atoms with Crippen molar-refractivity contribution in [1.82, 2.24) is 5.32 Å². The smallest absolute Gasteiger partial charge is 0.254 e. The Morgan fingerprint density at radius 1 is 1.14 bits per heavy atom. The molecule has 0 aromatic heterocycles. The van der Waals surface area contributed by atoms with Crippen molar-refractivity contribution in [3.8, 4) is 0 Å². The summed E-state index contributed by atoms with van der Waals surface area (Å²) in [6, 6.07) is 7.08. The Bertz CT molecular complexity index is 1020. The van der Waals surface area contributed by atoms with Gasteiger partial charge in [0, 0.05) is 34.0 Å². The van der Waals surface area contributed by atoms with Gasteiger partial charge in [-0.1, -0.05) is 23.7 Å². The molecule has 5 nitrogen and oxygen atoms in total. The van der Waals surface area contributed by atoms with E-state index in [1.54, 1.807) is 19.9 Å². The van der Waals surface area contributed by atoms with Crippen molar-refractivity contribution in [2.45, 2.75) is 25.9 Å². The van der Waals surface area contributed by atoms with Crippen LogP contribution < -0.4 is 10.6 Å². The molecule has 0 saturated carbocycles. The molecule has 156 valence electrons. The highest BCUT2D eigenvalue weighted by molar-refractivity contribution is 7.93. The molecule has 0 fully saturated rings. The summed E-state index contributed by atoms with van der Waals surface area (Å²) in [5.74, 6) is -1.95. The van der Waals surface area contributed by atoms with Crippen LogP contribution in [-0.2, 0) is 9.84 Å². The van der Waals surface area contributed by atoms with E-state index in [1.807, 2.05) is 0 Å². The largest absolute Gasteiger partial charge is 0.378 e. The van der Waals surface area contributed by atoms with Crippen molar-refractivity contribution < 1.29 is 22.0 Å². The van der Waals surface area contributed by atoms with Gasteiger partial charge in [0.25, 0.3) is 5.91 Å². The molecule has 0 bridgehead atoms. The van der Waals surface area contributed by atoms with Gasteiger partial charge in [0.15, 0.2) is 9.84 Å². The molecule has 9 heteroatoms. The maximum absolute atomic E-state index is 14.4. The second-order valence-corrected chi connectivity index (χ2v) is 8.95. The lowest BCUT2D eigenvalue weighted by Gasteiger charge is -2.18. The van der Waals surface area contributed by atoms with E-state index in [4.69, 9.17) is 11.6 Å². The zero-order valence-corrected chi connectivity index (χ0v) is 17.6. The molecule has 0 aliphatic heterocycles. The molecular weight excluding hydrogens is 422 g/mol. The number of anilines is 1. The second-order valence-electron chi connectivity index (χ2n) is 6.62. The zero-order chi connectivity index (χ0) is 21.8. The molecule has 0 heterocycles. The van der Waals surface area contributed by atoms with Gasteiger partial charge in [-0.2, -0.15) is 0 Å². The molecule has 0 saturated heterocycles. The van der Waals surface area contributed by atoms with Crippen LogP contribution >= 0.6 is 11.6 Å². The number of rotatable bonds is 7. The molecule has 0 spiro atoms. The van der Waals surface area contributed by atoms with E-state index < -0.39 is 39.5 Å². The summed E-state index contributed by atoms with van der Waals surface area (Å²) < 4.78 is 50.7. The summed E-state index contributed by atoms with van der Waals surface area (Å²) in [5, 5.41) is 6.66. The summed E-state index contributed by atoms with van der Waals surface area (Å²) in [4.78, 5) is 12.2. The van der Waals surface area contributed by atoms with Gasteiger partial charge in [-0.05, 0) is 44.2 Å². The first-order valence-electron chi connectivity index (χ1n) is 8.67. The predicted molar refractivity (Wildman–Crippen MR) is 111 cm³/mol. The van der Waals surface area contributed by atoms with E-state index in [0.717, 1.165) is 17.7 Å². The Kier molecular flexibility index (Phi) is 7.37. The summed E-state index contributed by atoms with van der Waals surface area (Å²) in [6.07, 6.45) is 2.32. The van der Waals surface area contributed by atoms with Gasteiger partial charge in [0.1, 0.15) is 11.6 Å². The van der Waals surface area contributed by atoms with Crippen LogP contribution in [0.4, 0.5) is 14.5 Å². The van der Waals surface area contributed by atoms with E-state index in [1.165, 1.54) is 30.3 Å². The van der Waals surface area contributed by atoms with Crippen LogP contribution in [-0.4, -0.2) is 26.6 Å². The van der Waals surface area contributed by atoms with Crippen molar-refractivity contribution in [2.75, 3.05) is 11.6 Å². The van der Waals surface area contributed by atoms with Gasteiger partial charge in [-0.3, -0.25) is 4.79 Å². The van der Waals surface area contributed by atoms with E-state index in [9.17, 15) is 22.0 Å².